The first kappa shape index (κ1) is 17.7. The third kappa shape index (κ3) is 5.48. The molecule has 0 radical (unpaired) electrons. The fourth-order valence-electron chi connectivity index (χ4n) is 1.95. The molecule has 1 unspecified atom stereocenters. The second kappa shape index (κ2) is 8.15. The van der Waals surface area contributed by atoms with Crippen LogP contribution in [0.3, 0.4) is 0 Å². The van der Waals surface area contributed by atoms with Crippen LogP contribution in [0.2, 0.25) is 0 Å². The van der Waals surface area contributed by atoms with Crippen molar-refractivity contribution in [3.05, 3.63) is 35.4 Å². The molecule has 4 heteroatoms. The third-order valence-electron chi connectivity index (χ3n) is 3.83. The van der Waals surface area contributed by atoms with E-state index in [4.69, 9.17) is 15.2 Å². The summed E-state index contributed by atoms with van der Waals surface area (Å²) in [6, 6.07) is 8.06. The third-order valence-corrected chi connectivity index (χ3v) is 3.83. The zero-order chi connectivity index (χ0) is 15.9. The van der Waals surface area contributed by atoms with Crippen LogP contribution in [0.5, 0.6) is 0 Å². The highest BCUT2D eigenvalue weighted by molar-refractivity contribution is 5.70. The summed E-state index contributed by atoms with van der Waals surface area (Å²) in [6.45, 7) is 9.02. The van der Waals surface area contributed by atoms with Crippen molar-refractivity contribution in [2.24, 2.45) is 5.73 Å². The summed E-state index contributed by atoms with van der Waals surface area (Å²) in [5, 5.41) is 0. The molecular formula is C17H27NO3. The Kier molecular flexibility index (Phi) is 6.85. The van der Waals surface area contributed by atoms with Crippen molar-refractivity contribution in [3.63, 3.8) is 0 Å². The molecule has 1 atom stereocenters. The predicted molar refractivity (Wildman–Crippen MR) is 84.1 cm³/mol. The van der Waals surface area contributed by atoms with Gasteiger partial charge in [0.05, 0.1) is 19.3 Å². The van der Waals surface area contributed by atoms with Crippen molar-refractivity contribution in [1.82, 2.24) is 0 Å². The van der Waals surface area contributed by atoms with Gasteiger partial charge in [-0.2, -0.15) is 0 Å². The molecule has 21 heavy (non-hydrogen) atoms. The van der Waals surface area contributed by atoms with Crippen molar-refractivity contribution in [1.29, 1.82) is 0 Å². The van der Waals surface area contributed by atoms with E-state index in [1.807, 2.05) is 12.1 Å². The molecule has 0 heterocycles. The maximum Gasteiger partial charge on any atom is 0.332 e. The van der Waals surface area contributed by atoms with Crippen LogP contribution in [0.1, 0.15) is 51.3 Å². The largest absolute Gasteiger partial charge is 0.464 e. The number of rotatable bonds is 8. The van der Waals surface area contributed by atoms with Gasteiger partial charge in [0.25, 0.3) is 0 Å². The van der Waals surface area contributed by atoms with E-state index < -0.39 is 0 Å². The second-order valence-corrected chi connectivity index (χ2v) is 5.79. The minimum absolute atomic E-state index is 0.0531. The SMILES string of the molecule is CCOC(=O)COCC(N)c1ccc(C(C)(C)CC)cc1. The topological polar surface area (TPSA) is 61.5 Å². The molecule has 0 spiro atoms. The summed E-state index contributed by atoms with van der Waals surface area (Å²) < 4.78 is 10.1. The van der Waals surface area contributed by atoms with Gasteiger partial charge in [-0.1, -0.05) is 45.0 Å². The Balaban J connectivity index is 2.52. The molecule has 1 aromatic rings. The highest BCUT2D eigenvalue weighted by Crippen LogP contribution is 2.27. The Morgan fingerprint density at radius 1 is 1.24 bits per heavy atom. The van der Waals surface area contributed by atoms with E-state index in [0.717, 1.165) is 12.0 Å². The van der Waals surface area contributed by atoms with Gasteiger partial charge in [0, 0.05) is 0 Å². The predicted octanol–water partition coefficient (Wildman–Crippen LogP) is 2.95. The van der Waals surface area contributed by atoms with Crippen LogP contribution in [-0.4, -0.2) is 25.8 Å². The molecule has 0 aliphatic carbocycles. The molecule has 0 fully saturated rings. The molecule has 0 saturated carbocycles. The number of ether oxygens (including phenoxy) is 2. The van der Waals surface area contributed by atoms with Gasteiger partial charge in [0.2, 0.25) is 0 Å². The summed E-state index contributed by atoms with van der Waals surface area (Å²) >= 11 is 0. The molecule has 0 aliphatic heterocycles. The molecule has 0 saturated heterocycles. The quantitative estimate of drug-likeness (QED) is 0.749. The first-order chi connectivity index (χ1) is 9.90. The summed E-state index contributed by atoms with van der Waals surface area (Å²) in [7, 11) is 0. The van der Waals surface area contributed by atoms with Gasteiger partial charge in [0.15, 0.2) is 0 Å². The van der Waals surface area contributed by atoms with Crippen LogP contribution in [0.15, 0.2) is 24.3 Å². The molecule has 118 valence electrons. The smallest absolute Gasteiger partial charge is 0.332 e. The molecule has 4 nitrogen and oxygen atoms in total. The molecule has 2 N–H and O–H groups in total. The van der Waals surface area contributed by atoms with E-state index in [9.17, 15) is 4.79 Å². The zero-order valence-electron chi connectivity index (χ0n) is 13.5. The van der Waals surface area contributed by atoms with Gasteiger partial charge in [-0.15, -0.1) is 0 Å². The Morgan fingerprint density at radius 2 is 1.86 bits per heavy atom. The van der Waals surface area contributed by atoms with E-state index in [1.165, 1.54) is 5.56 Å². The van der Waals surface area contributed by atoms with Gasteiger partial charge < -0.3 is 15.2 Å². The van der Waals surface area contributed by atoms with Crippen LogP contribution in [0, 0.1) is 0 Å². The Labute approximate surface area is 127 Å². The Bertz CT molecular complexity index is 440. The highest BCUT2D eigenvalue weighted by atomic mass is 16.6. The van der Waals surface area contributed by atoms with E-state index >= 15 is 0 Å². The van der Waals surface area contributed by atoms with Crippen LogP contribution < -0.4 is 5.73 Å². The van der Waals surface area contributed by atoms with Crippen LogP contribution in [-0.2, 0) is 19.7 Å². The first-order valence-corrected chi connectivity index (χ1v) is 7.50. The molecule has 1 aromatic carbocycles. The monoisotopic (exact) mass is 293 g/mol. The molecule has 0 bridgehead atoms. The summed E-state index contributed by atoms with van der Waals surface area (Å²) in [6.07, 6.45) is 1.08. The average molecular weight is 293 g/mol. The highest BCUT2D eigenvalue weighted by Gasteiger charge is 2.18. The number of esters is 1. The average Bonchev–Trinajstić information content (AvgIpc) is 2.47. The van der Waals surface area contributed by atoms with Crippen molar-refractivity contribution in [3.8, 4) is 0 Å². The number of hydrogen-bond donors (Lipinski definition) is 1. The fourth-order valence-corrected chi connectivity index (χ4v) is 1.95. The van der Waals surface area contributed by atoms with Crippen LogP contribution in [0.25, 0.3) is 0 Å². The first-order valence-electron chi connectivity index (χ1n) is 7.50. The second-order valence-electron chi connectivity index (χ2n) is 5.79. The van der Waals surface area contributed by atoms with Gasteiger partial charge in [0.1, 0.15) is 6.61 Å². The lowest BCUT2D eigenvalue weighted by atomic mass is 9.82. The maximum absolute atomic E-state index is 11.2. The minimum Gasteiger partial charge on any atom is -0.464 e. The van der Waals surface area contributed by atoms with E-state index in [-0.39, 0.29) is 24.0 Å². The standard InChI is InChI=1S/C17H27NO3/c1-5-17(3,4)14-9-7-13(8-10-14)15(18)11-20-12-16(19)21-6-2/h7-10,15H,5-6,11-12,18H2,1-4H3. The number of carbonyl (C=O) groups excluding carboxylic acids is 1. The van der Waals surface area contributed by atoms with Gasteiger partial charge in [-0.3, -0.25) is 0 Å². The van der Waals surface area contributed by atoms with E-state index in [1.54, 1.807) is 6.92 Å². The number of hydrogen-bond acceptors (Lipinski definition) is 4. The fraction of sp³-hybridized carbons (Fsp3) is 0.588. The van der Waals surface area contributed by atoms with Crippen molar-refractivity contribution < 1.29 is 14.3 Å². The molecular weight excluding hydrogens is 266 g/mol. The van der Waals surface area contributed by atoms with Gasteiger partial charge >= 0.3 is 5.97 Å². The summed E-state index contributed by atoms with van der Waals surface area (Å²) in [5.74, 6) is -0.357. The zero-order valence-corrected chi connectivity index (χ0v) is 13.5. The lowest BCUT2D eigenvalue weighted by Crippen LogP contribution is -2.21. The lowest BCUT2D eigenvalue weighted by molar-refractivity contribution is -0.148. The Morgan fingerprint density at radius 3 is 2.38 bits per heavy atom. The Hall–Kier alpha value is -1.39. The molecule has 0 aromatic heterocycles. The molecule has 1 rings (SSSR count). The number of benzene rings is 1. The molecule has 0 aliphatic rings. The molecule has 0 amide bonds. The van der Waals surface area contributed by atoms with Crippen LogP contribution in [0.4, 0.5) is 0 Å². The van der Waals surface area contributed by atoms with Crippen LogP contribution >= 0.6 is 0 Å². The van der Waals surface area contributed by atoms with Gasteiger partial charge in [-0.05, 0) is 29.9 Å². The minimum atomic E-state index is -0.357. The lowest BCUT2D eigenvalue weighted by Gasteiger charge is -2.24. The van der Waals surface area contributed by atoms with Gasteiger partial charge in [-0.25, -0.2) is 4.79 Å². The normalized spacial score (nSPS) is 13.0. The summed E-state index contributed by atoms with van der Waals surface area (Å²) in [5.41, 5.74) is 8.55. The van der Waals surface area contributed by atoms with Crippen molar-refractivity contribution in [2.45, 2.75) is 45.6 Å². The van der Waals surface area contributed by atoms with Crippen molar-refractivity contribution in [2.75, 3.05) is 19.8 Å². The maximum atomic E-state index is 11.2. The van der Waals surface area contributed by atoms with Crippen molar-refractivity contribution >= 4 is 5.97 Å². The van der Waals surface area contributed by atoms with E-state index in [0.29, 0.717) is 13.2 Å². The number of carbonyl (C=O) groups is 1. The summed E-state index contributed by atoms with van der Waals surface area (Å²) in [4.78, 5) is 11.2. The number of nitrogens with two attached hydrogens (primary N) is 1. The van der Waals surface area contributed by atoms with E-state index in [2.05, 4.69) is 32.9 Å².